The minimum Gasteiger partial charge on any atom is -0.379 e. The van der Waals surface area contributed by atoms with Gasteiger partial charge in [0, 0.05) is 25.7 Å². The van der Waals surface area contributed by atoms with E-state index in [4.69, 9.17) is 10.5 Å². The molecule has 3 nitrogen and oxygen atoms in total. The topological polar surface area (TPSA) is 38.5 Å². The Bertz CT molecular complexity index is 258. The van der Waals surface area contributed by atoms with Gasteiger partial charge in [-0.15, -0.1) is 0 Å². The molecule has 0 unspecified atom stereocenters. The number of nitrogens with zero attached hydrogens (tertiary/aromatic N) is 1. The molecule has 1 aliphatic carbocycles. The normalized spacial score (nSPS) is 20.1. The first kappa shape index (κ1) is 17.9. The Morgan fingerprint density at radius 1 is 1.10 bits per heavy atom. The molecule has 1 saturated carbocycles. The first-order valence-corrected chi connectivity index (χ1v) is 8.50. The van der Waals surface area contributed by atoms with E-state index in [1.807, 2.05) is 7.11 Å². The van der Waals surface area contributed by atoms with E-state index in [0.29, 0.717) is 0 Å². The third-order valence-electron chi connectivity index (χ3n) is 5.11. The van der Waals surface area contributed by atoms with Crippen molar-refractivity contribution in [3.8, 4) is 0 Å². The quantitative estimate of drug-likeness (QED) is 0.693. The largest absolute Gasteiger partial charge is 0.379 e. The molecule has 0 atom stereocenters. The van der Waals surface area contributed by atoms with Crippen molar-refractivity contribution >= 4 is 0 Å². The van der Waals surface area contributed by atoms with E-state index in [1.54, 1.807) is 0 Å². The summed E-state index contributed by atoms with van der Waals surface area (Å²) in [5.74, 6) is 0. The molecular formula is C17H36N2O. The van der Waals surface area contributed by atoms with Gasteiger partial charge >= 0.3 is 0 Å². The zero-order valence-electron chi connectivity index (χ0n) is 14.2. The molecule has 0 aromatic rings. The van der Waals surface area contributed by atoms with Crippen LogP contribution in [0.25, 0.3) is 0 Å². The Morgan fingerprint density at radius 2 is 1.70 bits per heavy atom. The van der Waals surface area contributed by atoms with Crippen LogP contribution in [0, 0.1) is 0 Å². The zero-order valence-corrected chi connectivity index (χ0v) is 14.2. The maximum atomic E-state index is 6.24. The van der Waals surface area contributed by atoms with Crippen molar-refractivity contribution in [1.82, 2.24) is 4.90 Å². The molecule has 1 rings (SSSR count). The highest BCUT2D eigenvalue weighted by Crippen LogP contribution is 2.33. The number of rotatable bonds is 8. The van der Waals surface area contributed by atoms with Crippen LogP contribution in [0.1, 0.15) is 72.1 Å². The molecule has 20 heavy (non-hydrogen) atoms. The number of hydrogen-bond donors (Lipinski definition) is 1. The summed E-state index contributed by atoms with van der Waals surface area (Å²) < 4.78 is 5.59. The molecule has 0 heterocycles. The minimum atomic E-state index is -0.0352. The lowest BCUT2D eigenvalue weighted by Gasteiger charge is -2.44. The number of methoxy groups -OCH3 is 1. The number of hydrogen-bond acceptors (Lipinski definition) is 3. The van der Waals surface area contributed by atoms with Gasteiger partial charge in [0.15, 0.2) is 0 Å². The van der Waals surface area contributed by atoms with Gasteiger partial charge < -0.3 is 10.5 Å². The van der Waals surface area contributed by atoms with Gasteiger partial charge in [0.25, 0.3) is 0 Å². The van der Waals surface area contributed by atoms with Crippen LogP contribution in [0.4, 0.5) is 0 Å². The van der Waals surface area contributed by atoms with E-state index in [-0.39, 0.29) is 11.1 Å². The summed E-state index contributed by atoms with van der Waals surface area (Å²) in [4.78, 5) is 2.68. The number of ether oxygens (including phenoxy) is 1. The molecule has 0 radical (unpaired) electrons. The molecule has 0 aromatic carbocycles. The van der Waals surface area contributed by atoms with Gasteiger partial charge in [0.05, 0.1) is 5.60 Å². The first-order chi connectivity index (χ1) is 9.49. The van der Waals surface area contributed by atoms with E-state index < -0.39 is 0 Å². The van der Waals surface area contributed by atoms with E-state index >= 15 is 0 Å². The highest BCUT2D eigenvalue weighted by Gasteiger charge is 2.35. The fourth-order valence-electron chi connectivity index (χ4n) is 3.40. The molecule has 1 aliphatic rings. The summed E-state index contributed by atoms with van der Waals surface area (Å²) in [6, 6.07) is 0. The van der Waals surface area contributed by atoms with Crippen LogP contribution in [0.5, 0.6) is 0 Å². The maximum absolute atomic E-state index is 6.24. The van der Waals surface area contributed by atoms with Gasteiger partial charge in [-0.25, -0.2) is 0 Å². The van der Waals surface area contributed by atoms with Crippen LogP contribution < -0.4 is 5.73 Å². The highest BCUT2D eigenvalue weighted by molar-refractivity contribution is 4.93. The lowest BCUT2D eigenvalue weighted by atomic mass is 9.87. The van der Waals surface area contributed by atoms with Crippen molar-refractivity contribution in [3.63, 3.8) is 0 Å². The Labute approximate surface area is 126 Å². The molecule has 2 N–H and O–H groups in total. The van der Waals surface area contributed by atoms with Gasteiger partial charge in [-0.05, 0) is 46.1 Å². The molecule has 0 aliphatic heterocycles. The van der Waals surface area contributed by atoms with Crippen molar-refractivity contribution in [2.45, 2.75) is 83.3 Å². The molecule has 0 saturated heterocycles. The van der Waals surface area contributed by atoms with Crippen LogP contribution in [0.2, 0.25) is 0 Å². The van der Waals surface area contributed by atoms with E-state index in [9.17, 15) is 0 Å². The smallest absolute Gasteiger partial charge is 0.0634 e. The van der Waals surface area contributed by atoms with Crippen molar-refractivity contribution in [2.75, 3.05) is 26.7 Å². The third kappa shape index (κ3) is 5.01. The van der Waals surface area contributed by atoms with Crippen LogP contribution >= 0.6 is 0 Å². The summed E-state index contributed by atoms with van der Waals surface area (Å²) in [6.45, 7) is 9.71. The molecule has 3 heteroatoms. The molecule has 0 bridgehead atoms. The second-order valence-electron chi connectivity index (χ2n) is 7.04. The van der Waals surface area contributed by atoms with E-state index in [2.05, 4.69) is 25.7 Å². The van der Waals surface area contributed by atoms with Gasteiger partial charge in [-0.1, -0.05) is 32.6 Å². The Morgan fingerprint density at radius 3 is 2.15 bits per heavy atom. The molecule has 0 aromatic heterocycles. The van der Waals surface area contributed by atoms with Crippen LogP contribution in [0.3, 0.4) is 0 Å². The van der Waals surface area contributed by atoms with Crippen LogP contribution in [-0.4, -0.2) is 42.8 Å². The van der Waals surface area contributed by atoms with Gasteiger partial charge in [0.1, 0.15) is 0 Å². The van der Waals surface area contributed by atoms with Crippen molar-refractivity contribution in [2.24, 2.45) is 5.73 Å². The summed E-state index contributed by atoms with van der Waals surface area (Å²) in [5, 5.41) is 0. The van der Waals surface area contributed by atoms with Crippen molar-refractivity contribution in [3.05, 3.63) is 0 Å². The second-order valence-corrected chi connectivity index (χ2v) is 7.04. The minimum absolute atomic E-state index is 0.0352. The fraction of sp³-hybridized carbons (Fsp3) is 1.00. The van der Waals surface area contributed by atoms with Gasteiger partial charge in [-0.2, -0.15) is 0 Å². The average molecular weight is 284 g/mol. The van der Waals surface area contributed by atoms with Crippen LogP contribution in [-0.2, 0) is 4.74 Å². The predicted octanol–water partition coefficient (Wildman–Crippen LogP) is 3.57. The summed E-state index contributed by atoms with van der Waals surface area (Å²) >= 11 is 0. The monoisotopic (exact) mass is 284 g/mol. The lowest BCUT2D eigenvalue weighted by Crippen LogP contribution is -2.55. The summed E-state index contributed by atoms with van der Waals surface area (Å²) in [7, 11) is 1.81. The predicted molar refractivity (Wildman–Crippen MR) is 87.1 cm³/mol. The molecule has 0 spiro atoms. The van der Waals surface area contributed by atoms with E-state index in [0.717, 1.165) is 26.1 Å². The molecular weight excluding hydrogens is 248 g/mol. The third-order valence-corrected chi connectivity index (χ3v) is 5.11. The lowest BCUT2D eigenvalue weighted by molar-refractivity contribution is -0.00866. The number of nitrogens with two attached hydrogens (primary N) is 1. The molecule has 0 amide bonds. The fourth-order valence-corrected chi connectivity index (χ4v) is 3.40. The highest BCUT2D eigenvalue weighted by atomic mass is 16.5. The Hall–Kier alpha value is -0.120. The van der Waals surface area contributed by atoms with E-state index in [1.165, 1.54) is 44.9 Å². The van der Waals surface area contributed by atoms with Gasteiger partial charge in [-0.3, -0.25) is 4.90 Å². The van der Waals surface area contributed by atoms with Crippen LogP contribution in [0.15, 0.2) is 0 Å². The SMILES string of the molecule is CCCN(CCC(C)(C)OC)C1(CN)CCCCCC1. The van der Waals surface area contributed by atoms with Crippen molar-refractivity contribution < 1.29 is 4.74 Å². The standard InChI is InChI=1S/C17H36N2O/c1-5-13-19(14-12-16(2,3)20-4)17(15-18)10-8-6-7-9-11-17/h5-15,18H2,1-4H3. The molecule has 120 valence electrons. The van der Waals surface area contributed by atoms with Crippen molar-refractivity contribution in [1.29, 1.82) is 0 Å². The maximum Gasteiger partial charge on any atom is 0.0634 e. The zero-order chi connectivity index (χ0) is 15.1. The molecule has 1 fully saturated rings. The Balaban J connectivity index is 2.74. The van der Waals surface area contributed by atoms with Gasteiger partial charge in [0.2, 0.25) is 0 Å². The second kappa shape index (κ2) is 8.35. The average Bonchev–Trinajstić information content (AvgIpc) is 2.70. The Kier molecular flexibility index (Phi) is 7.49. The first-order valence-electron chi connectivity index (χ1n) is 8.50. The summed E-state index contributed by atoms with van der Waals surface area (Å²) in [6.07, 6.45) is 10.3. The summed E-state index contributed by atoms with van der Waals surface area (Å²) in [5.41, 5.74) is 6.45.